The molecule has 1 heterocycles. The molecule has 0 unspecified atom stereocenters. The van der Waals surface area contributed by atoms with Crippen LogP contribution in [-0.4, -0.2) is 6.54 Å². The van der Waals surface area contributed by atoms with Crippen molar-refractivity contribution in [1.82, 2.24) is 5.32 Å². The van der Waals surface area contributed by atoms with Crippen LogP contribution in [0, 0.1) is 5.92 Å². The third kappa shape index (κ3) is 2.61. The van der Waals surface area contributed by atoms with Gasteiger partial charge in [-0.15, -0.1) is 0 Å². The van der Waals surface area contributed by atoms with Gasteiger partial charge in [-0.05, 0) is 40.9 Å². The number of furan rings is 1. The Morgan fingerprint density at radius 1 is 1.50 bits per heavy atom. The molecule has 14 heavy (non-hydrogen) atoms. The maximum atomic E-state index is 5.30. The summed E-state index contributed by atoms with van der Waals surface area (Å²) in [6, 6.07) is 1.93. The van der Waals surface area contributed by atoms with Crippen LogP contribution in [0.3, 0.4) is 0 Å². The lowest BCUT2D eigenvalue weighted by atomic mass is 9.83. The Kier molecular flexibility index (Phi) is 3.65. The Labute approximate surface area is 93.2 Å². The summed E-state index contributed by atoms with van der Waals surface area (Å²) in [6.07, 6.45) is 7.35. The van der Waals surface area contributed by atoms with E-state index in [-0.39, 0.29) is 0 Å². The molecule has 1 aliphatic carbocycles. The van der Waals surface area contributed by atoms with E-state index in [1.54, 1.807) is 6.26 Å². The van der Waals surface area contributed by atoms with E-state index in [1.807, 2.05) is 6.07 Å². The van der Waals surface area contributed by atoms with Crippen molar-refractivity contribution in [2.24, 2.45) is 5.92 Å². The Bertz CT molecular complexity index is 281. The van der Waals surface area contributed by atoms with Crippen LogP contribution >= 0.6 is 15.9 Å². The first-order valence-corrected chi connectivity index (χ1v) is 6.08. The second kappa shape index (κ2) is 4.99. The van der Waals surface area contributed by atoms with Crippen LogP contribution in [0.2, 0.25) is 0 Å². The van der Waals surface area contributed by atoms with Gasteiger partial charge in [-0.2, -0.15) is 0 Å². The number of hydrogen-bond acceptors (Lipinski definition) is 2. The second-order valence-corrected chi connectivity index (χ2v) is 4.81. The van der Waals surface area contributed by atoms with Gasteiger partial charge in [-0.3, -0.25) is 0 Å². The molecule has 78 valence electrons. The van der Waals surface area contributed by atoms with Crippen molar-refractivity contribution in [2.45, 2.75) is 32.2 Å². The molecule has 0 saturated heterocycles. The predicted octanol–water partition coefficient (Wildman–Crippen LogP) is 3.32. The minimum Gasteiger partial charge on any atom is -0.467 e. The Morgan fingerprint density at radius 3 is 2.93 bits per heavy atom. The molecule has 0 atom stereocenters. The van der Waals surface area contributed by atoms with E-state index in [4.69, 9.17) is 4.42 Å². The van der Waals surface area contributed by atoms with Gasteiger partial charge in [0.1, 0.15) is 5.76 Å². The lowest BCUT2D eigenvalue weighted by molar-refractivity contribution is 0.290. The van der Waals surface area contributed by atoms with Gasteiger partial charge in [0.25, 0.3) is 0 Å². The standard InChI is InChI=1S/C11H16BrNO/c12-10-5-7-14-11(10)8-13-6-4-9-2-1-3-9/h5,7,9,13H,1-4,6,8H2. The van der Waals surface area contributed by atoms with Crippen molar-refractivity contribution < 1.29 is 4.42 Å². The van der Waals surface area contributed by atoms with Crippen LogP contribution in [0.4, 0.5) is 0 Å². The van der Waals surface area contributed by atoms with E-state index in [9.17, 15) is 0 Å². The van der Waals surface area contributed by atoms with E-state index in [1.165, 1.54) is 25.7 Å². The van der Waals surface area contributed by atoms with E-state index in [2.05, 4.69) is 21.2 Å². The van der Waals surface area contributed by atoms with Crippen molar-refractivity contribution in [1.29, 1.82) is 0 Å². The highest BCUT2D eigenvalue weighted by atomic mass is 79.9. The summed E-state index contributed by atoms with van der Waals surface area (Å²) in [5, 5.41) is 3.40. The van der Waals surface area contributed by atoms with Crippen LogP contribution in [0.5, 0.6) is 0 Å². The van der Waals surface area contributed by atoms with Crippen molar-refractivity contribution in [2.75, 3.05) is 6.54 Å². The third-order valence-corrected chi connectivity index (χ3v) is 3.64. The lowest BCUT2D eigenvalue weighted by Crippen LogP contribution is -2.20. The molecule has 0 radical (unpaired) electrons. The number of rotatable bonds is 5. The summed E-state index contributed by atoms with van der Waals surface area (Å²) in [6.45, 7) is 1.94. The fourth-order valence-corrected chi connectivity index (χ4v) is 2.08. The highest BCUT2D eigenvalue weighted by molar-refractivity contribution is 9.10. The van der Waals surface area contributed by atoms with E-state index in [0.29, 0.717) is 0 Å². The van der Waals surface area contributed by atoms with Gasteiger partial charge >= 0.3 is 0 Å². The minimum atomic E-state index is 0.834. The van der Waals surface area contributed by atoms with E-state index >= 15 is 0 Å². The molecule has 0 aromatic carbocycles. The average molecular weight is 258 g/mol. The summed E-state index contributed by atoms with van der Waals surface area (Å²) >= 11 is 3.44. The van der Waals surface area contributed by atoms with Crippen molar-refractivity contribution in [3.05, 3.63) is 22.6 Å². The first-order valence-electron chi connectivity index (χ1n) is 5.29. The highest BCUT2D eigenvalue weighted by Crippen LogP contribution is 2.28. The van der Waals surface area contributed by atoms with Crippen LogP contribution in [-0.2, 0) is 6.54 Å². The van der Waals surface area contributed by atoms with Crippen LogP contribution in [0.25, 0.3) is 0 Å². The Hall–Kier alpha value is -0.280. The summed E-state index contributed by atoms with van der Waals surface area (Å²) in [4.78, 5) is 0. The summed E-state index contributed by atoms with van der Waals surface area (Å²) in [7, 11) is 0. The molecule has 2 nitrogen and oxygen atoms in total. The molecule has 1 aromatic rings. The predicted molar refractivity (Wildman–Crippen MR) is 60.1 cm³/mol. The molecule has 0 bridgehead atoms. The Balaban J connectivity index is 1.60. The summed E-state index contributed by atoms with van der Waals surface area (Å²) in [5.74, 6) is 1.99. The smallest absolute Gasteiger partial charge is 0.131 e. The zero-order chi connectivity index (χ0) is 9.80. The average Bonchev–Trinajstić information content (AvgIpc) is 2.48. The molecule has 1 aliphatic rings. The molecule has 0 amide bonds. The van der Waals surface area contributed by atoms with Crippen molar-refractivity contribution in [3.63, 3.8) is 0 Å². The van der Waals surface area contributed by atoms with Crippen LogP contribution < -0.4 is 5.32 Å². The van der Waals surface area contributed by atoms with Crippen molar-refractivity contribution in [3.8, 4) is 0 Å². The molecule has 3 heteroatoms. The summed E-state index contributed by atoms with van der Waals surface area (Å²) < 4.78 is 6.37. The molecule has 1 fully saturated rings. The Morgan fingerprint density at radius 2 is 2.36 bits per heavy atom. The van der Waals surface area contributed by atoms with Gasteiger partial charge in [0.15, 0.2) is 0 Å². The second-order valence-electron chi connectivity index (χ2n) is 3.95. The summed E-state index contributed by atoms with van der Waals surface area (Å²) in [5.41, 5.74) is 0. The van der Waals surface area contributed by atoms with Gasteiger partial charge in [0.05, 0.1) is 17.3 Å². The first kappa shape index (κ1) is 10.2. The molecule has 1 N–H and O–H groups in total. The molecular formula is C11H16BrNO. The largest absolute Gasteiger partial charge is 0.467 e. The number of hydrogen-bond donors (Lipinski definition) is 1. The highest BCUT2D eigenvalue weighted by Gasteiger charge is 2.16. The van der Waals surface area contributed by atoms with Gasteiger partial charge in [-0.1, -0.05) is 19.3 Å². The van der Waals surface area contributed by atoms with Gasteiger partial charge in [0.2, 0.25) is 0 Å². The molecule has 2 rings (SSSR count). The maximum absolute atomic E-state index is 5.30. The number of nitrogens with one attached hydrogen (secondary N) is 1. The maximum Gasteiger partial charge on any atom is 0.131 e. The van der Waals surface area contributed by atoms with Crippen molar-refractivity contribution >= 4 is 15.9 Å². The quantitative estimate of drug-likeness (QED) is 0.819. The fraction of sp³-hybridized carbons (Fsp3) is 0.636. The molecular weight excluding hydrogens is 242 g/mol. The van der Waals surface area contributed by atoms with Gasteiger partial charge in [-0.25, -0.2) is 0 Å². The van der Waals surface area contributed by atoms with E-state index < -0.39 is 0 Å². The first-order chi connectivity index (χ1) is 6.86. The molecule has 0 aliphatic heterocycles. The van der Waals surface area contributed by atoms with Gasteiger partial charge in [0, 0.05) is 0 Å². The zero-order valence-electron chi connectivity index (χ0n) is 8.26. The minimum absolute atomic E-state index is 0.834. The SMILES string of the molecule is Brc1ccoc1CNCCC1CCC1. The third-order valence-electron chi connectivity index (χ3n) is 2.93. The molecule has 0 spiro atoms. The topological polar surface area (TPSA) is 25.2 Å². The number of halogens is 1. The molecule has 1 aromatic heterocycles. The lowest BCUT2D eigenvalue weighted by Gasteiger charge is -2.25. The van der Waals surface area contributed by atoms with E-state index in [0.717, 1.165) is 29.2 Å². The van der Waals surface area contributed by atoms with Crippen LogP contribution in [0.1, 0.15) is 31.4 Å². The molecule has 1 saturated carbocycles. The zero-order valence-corrected chi connectivity index (χ0v) is 9.85. The van der Waals surface area contributed by atoms with Gasteiger partial charge < -0.3 is 9.73 Å². The normalized spacial score (nSPS) is 16.9. The fourth-order valence-electron chi connectivity index (χ4n) is 1.74. The van der Waals surface area contributed by atoms with Crippen LogP contribution in [0.15, 0.2) is 21.2 Å². The monoisotopic (exact) mass is 257 g/mol.